The highest BCUT2D eigenvalue weighted by molar-refractivity contribution is 5.98. The molecule has 0 bridgehead atoms. The second-order valence-corrected chi connectivity index (χ2v) is 7.01. The standard InChI is InChI=1S/C20H22FN5O/c1-5-6-16-12-26(13-23-16)20(3,21)15-9-7-14(8-10-15)19(2)11-17(27)25(4)18(22)24-19/h7-10,12-13H,11H2,1-4H3,(H2,22,24). The number of amides is 1. The number of imidazole rings is 1. The second-order valence-electron chi connectivity index (χ2n) is 7.01. The predicted molar refractivity (Wildman–Crippen MR) is 101 cm³/mol. The fraction of sp³-hybridized carbons (Fsp3) is 0.350. The minimum absolute atomic E-state index is 0.0520. The molecule has 3 rings (SSSR count). The lowest BCUT2D eigenvalue weighted by Gasteiger charge is -2.39. The molecule has 1 amide bonds. The van der Waals surface area contributed by atoms with Crippen molar-refractivity contribution in [2.45, 2.75) is 38.5 Å². The smallest absolute Gasteiger partial charge is 0.231 e. The Hall–Kier alpha value is -3.14. The molecule has 2 unspecified atom stereocenters. The fourth-order valence-corrected chi connectivity index (χ4v) is 3.15. The van der Waals surface area contributed by atoms with Crippen molar-refractivity contribution < 1.29 is 9.18 Å². The Labute approximate surface area is 157 Å². The number of halogens is 1. The molecule has 2 atom stereocenters. The van der Waals surface area contributed by atoms with Gasteiger partial charge in [0.05, 0.1) is 18.3 Å². The van der Waals surface area contributed by atoms with Crippen LogP contribution in [0.5, 0.6) is 0 Å². The summed E-state index contributed by atoms with van der Waals surface area (Å²) >= 11 is 0. The average Bonchev–Trinajstić information content (AvgIpc) is 3.10. The lowest BCUT2D eigenvalue weighted by Crippen LogP contribution is -2.58. The van der Waals surface area contributed by atoms with Crippen LogP contribution >= 0.6 is 0 Å². The van der Waals surface area contributed by atoms with E-state index in [9.17, 15) is 4.79 Å². The Kier molecular flexibility index (Phi) is 4.52. The number of aromatic nitrogens is 2. The van der Waals surface area contributed by atoms with Gasteiger partial charge < -0.3 is 5.32 Å². The molecule has 1 aromatic heterocycles. The Bertz CT molecular complexity index is 931. The topological polar surface area (TPSA) is 74.0 Å². The largest absolute Gasteiger partial charge is 0.346 e. The van der Waals surface area contributed by atoms with Crippen LogP contribution in [0.15, 0.2) is 36.8 Å². The van der Waals surface area contributed by atoms with Gasteiger partial charge in [0.15, 0.2) is 5.96 Å². The first-order valence-electron chi connectivity index (χ1n) is 8.58. The lowest BCUT2D eigenvalue weighted by atomic mass is 9.85. The highest BCUT2D eigenvalue weighted by Crippen LogP contribution is 2.32. The van der Waals surface area contributed by atoms with Gasteiger partial charge in [0.25, 0.3) is 0 Å². The highest BCUT2D eigenvalue weighted by Gasteiger charge is 2.38. The van der Waals surface area contributed by atoms with Crippen molar-refractivity contribution in [3.8, 4) is 11.8 Å². The van der Waals surface area contributed by atoms with Crippen molar-refractivity contribution in [1.82, 2.24) is 19.8 Å². The van der Waals surface area contributed by atoms with E-state index >= 15 is 4.39 Å². The van der Waals surface area contributed by atoms with Crippen LogP contribution < -0.4 is 5.32 Å². The van der Waals surface area contributed by atoms with Crippen LogP contribution in [0.3, 0.4) is 0 Å². The molecule has 2 aromatic rings. The molecular formula is C20H22FN5O. The molecule has 1 aliphatic rings. The molecule has 1 aromatic carbocycles. The Balaban J connectivity index is 1.88. The van der Waals surface area contributed by atoms with Crippen molar-refractivity contribution in [3.63, 3.8) is 0 Å². The number of carbonyl (C=O) groups excluding carboxylic acids is 1. The predicted octanol–water partition coefficient (Wildman–Crippen LogP) is 2.55. The molecule has 6 nitrogen and oxygen atoms in total. The number of carbonyl (C=O) groups is 1. The van der Waals surface area contributed by atoms with Gasteiger partial charge in [0, 0.05) is 18.8 Å². The zero-order valence-electron chi connectivity index (χ0n) is 15.8. The number of nitrogens with one attached hydrogen (secondary N) is 2. The maximum atomic E-state index is 15.4. The number of nitrogens with zero attached hydrogens (tertiary/aromatic N) is 3. The average molecular weight is 367 g/mol. The van der Waals surface area contributed by atoms with Crippen molar-refractivity contribution in [2.24, 2.45) is 0 Å². The van der Waals surface area contributed by atoms with Gasteiger partial charge in [-0.1, -0.05) is 30.2 Å². The van der Waals surface area contributed by atoms with Gasteiger partial charge >= 0.3 is 0 Å². The summed E-state index contributed by atoms with van der Waals surface area (Å²) in [5, 5.41) is 11.0. The molecule has 0 saturated carbocycles. The zero-order chi connectivity index (χ0) is 19.8. The van der Waals surface area contributed by atoms with E-state index in [0.29, 0.717) is 11.3 Å². The molecule has 0 aliphatic carbocycles. The summed E-state index contributed by atoms with van der Waals surface area (Å²) in [6.07, 6.45) is 3.22. The minimum Gasteiger partial charge on any atom is -0.346 e. The molecule has 1 fully saturated rings. The molecule has 1 aliphatic heterocycles. The summed E-state index contributed by atoms with van der Waals surface area (Å²) in [7, 11) is 1.57. The quantitative estimate of drug-likeness (QED) is 0.819. The van der Waals surface area contributed by atoms with Gasteiger partial charge in [-0.05, 0) is 32.3 Å². The molecule has 140 valence electrons. The number of hydrogen-bond donors (Lipinski definition) is 2. The van der Waals surface area contributed by atoms with Crippen LogP contribution in [-0.4, -0.2) is 33.4 Å². The third-order valence-corrected chi connectivity index (χ3v) is 4.98. The summed E-state index contributed by atoms with van der Waals surface area (Å²) in [4.78, 5) is 17.5. The minimum atomic E-state index is -1.79. The van der Waals surface area contributed by atoms with Crippen LogP contribution in [0.2, 0.25) is 0 Å². The van der Waals surface area contributed by atoms with E-state index in [4.69, 9.17) is 5.41 Å². The molecule has 2 N–H and O–H groups in total. The first-order valence-corrected chi connectivity index (χ1v) is 8.58. The Morgan fingerprint density at radius 2 is 2.04 bits per heavy atom. The molecule has 0 radical (unpaired) electrons. The van der Waals surface area contributed by atoms with Crippen LogP contribution in [-0.2, 0) is 16.1 Å². The van der Waals surface area contributed by atoms with E-state index in [1.807, 2.05) is 6.92 Å². The number of benzene rings is 1. The first kappa shape index (κ1) is 18.6. The van der Waals surface area contributed by atoms with Gasteiger partial charge in [-0.25, -0.2) is 9.37 Å². The van der Waals surface area contributed by atoms with Crippen LogP contribution in [0, 0.1) is 17.3 Å². The van der Waals surface area contributed by atoms with Gasteiger partial charge in [0.1, 0.15) is 5.69 Å². The van der Waals surface area contributed by atoms with Gasteiger partial charge in [-0.2, -0.15) is 0 Å². The van der Waals surface area contributed by atoms with Crippen LogP contribution in [0.25, 0.3) is 0 Å². The summed E-state index contributed by atoms with van der Waals surface area (Å²) in [6.45, 7) is 5.03. The second kappa shape index (κ2) is 6.54. The zero-order valence-corrected chi connectivity index (χ0v) is 15.8. The summed E-state index contributed by atoms with van der Waals surface area (Å²) in [5.74, 6) is 3.68. The lowest BCUT2D eigenvalue weighted by molar-refractivity contribution is -0.129. The van der Waals surface area contributed by atoms with E-state index < -0.39 is 11.3 Å². The number of hydrogen-bond acceptors (Lipinski definition) is 3. The fourth-order valence-electron chi connectivity index (χ4n) is 3.15. The molecule has 0 spiro atoms. The number of rotatable bonds is 3. The van der Waals surface area contributed by atoms with E-state index in [0.717, 1.165) is 5.56 Å². The van der Waals surface area contributed by atoms with Crippen molar-refractivity contribution in [1.29, 1.82) is 5.41 Å². The summed E-state index contributed by atoms with van der Waals surface area (Å²) < 4.78 is 16.8. The van der Waals surface area contributed by atoms with E-state index in [2.05, 4.69) is 22.1 Å². The monoisotopic (exact) mass is 367 g/mol. The van der Waals surface area contributed by atoms with Crippen molar-refractivity contribution >= 4 is 11.9 Å². The van der Waals surface area contributed by atoms with Gasteiger partial charge in [-0.15, -0.1) is 0 Å². The van der Waals surface area contributed by atoms with Crippen molar-refractivity contribution in [3.05, 3.63) is 53.6 Å². The summed E-state index contributed by atoms with van der Waals surface area (Å²) in [6, 6.07) is 6.96. The molecule has 2 heterocycles. The Morgan fingerprint density at radius 1 is 1.37 bits per heavy atom. The molecular weight excluding hydrogens is 345 g/mol. The van der Waals surface area contributed by atoms with Gasteiger partial charge in [-0.3, -0.25) is 19.7 Å². The maximum absolute atomic E-state index is 15.4. The van der Waals surface area contributed by atoms with Crippen molar-refractivity contribution in [2.75, 3.05) is 7.05 Å². The molecule has 1 saturated heterocycles. The third-order valence-electron chi connectivity index (χ3n) is 4.98. The van der Waals surface area contributed by atoms with E-state index in [-0.39, 0.29) is 18.3 Å². The normalized spacial score (nSPS) is 21.9. The number of alkyl halides is 1. The summed E-state index contributed by atoms with van der Waals surface area (Å²) in [5.41, 5.74) is 1.08. The first-order chi connectivity index (χ1) is 12.7. The van der Waals surface area contributed by atoms with E-state index in [1.54, 1.807) is 44.4 Å². The number of guanidine groups is 1. The molecule has 7 heteroatoms. The van der Waals surface area contributed by atoms with Crippen LogP contribution in [0.4, 0.5) is 4.39 Å². The highest BCUT2D eigenvalue weighted by atomic mass is 19.1. The molecule has 27 heavy (non-hydrogen) atoms. The Morgan fingerprint density at radius 3 is 2.63 bits per heavy atom. The van der Waals surface area contributed by atoms with E-state index in [1.165, 1.54) is 22.7 Å². The van der Waals surface area contributed by atoms with Gasteiger partial charge in [0.2, 0.25) is 11.7 Å². The van der Waals surface area contributed by atoms with Crippen LogP contribution in [0.1, 0.15) is 44.0 Å². The maximum Gasteiger partial charge on any atom is 0.231 e. The third kappa shape index (κ3) is 3.31. The SMILES string of the molecule is CC#Cc1cn(C(C)(F)c2ccc(C3(C)CC(=O)N(C)C(=N)N3)cc2)cn1.